The standard InChI is InChI=1S/C22H24N2O4/c1-15-8-10-19(11-9-15)24-13-18(12-21(24)26)22(27)28-14-20(25)23-16(2)17-6-4-3-5-7-17/h3-11,16,18H,12-14H2,1-2H3,(H,23,25). The van der Waals surface area contributed by atoms with Crippen LogP contribution in [0.5, 0.6) is 0 Å². The Morgan fingerprint density at radius 3 is 2.50 bits per heavy atom. The molecule has 3 rings (SSSR count). The molecule has 6 nitrogen and oxygen atoms in total. The van der Waals surface area contributed by atoms with Crippen LogP contribution in [-0.4, -0.2) is 30.9 Å². The highest BCUT2D eigenvalue weighted by Crippen LogP contribution is 2.26. The summed E-state index contributed by atoms with van der Waals surface area (Å²) in [7, 11) is 0. The molecule has 1 saturated heterocycles. The van der Waals surface area contributed by atoms with E-state index in [0.29, 0.717) is 0 Å². The summed E-state index contributed by atoms with van der Waals surface area (Å²) in [6, 6.07) is 16.9. The highest BCUT2D eigenvalue weighted by atomic mass is 16.5. The first-order chi connectivity index (χ1) is 13.4. The number of ether oxygens (including phenoxy) is 1. The van der Waals surface area contributed by atoms with E-state index in [9.17, 15) is 14.4 Å². The topological polar surface area (TPSA) is 75.7 Å². The maximum absolute atomic E-state index is 12.3. The number of aryl methyl sites for hydroxylation is 1. The zero-order chi connectivity index (χ0) is 20.1. The first-order valence-electron chi connectivity index (χ1n) is 9.32. The normalized spacial score (nSPS) is 17.3. The molecule has 0 bridgehead atoms. The van der Waals surface area contributed by atoms with Gasteiger partial charge in [-0.15, -0.1) is 0 Å². The molecule has 0 saturated carbocycles. The Morgan fingerprint density at radius 2 is 1.82 bits per heavy atom. The van der Waals surface area contributed by atoms with Crippen LogP contribution in [0, 0.1) is 12.8 Å². The summed E-state index contributed by atoms with van der Waals surface area (Å²) in [6.45, 7) is 3.75. The quantitative estimate of drug-likeness (QED) is 0.782. The predicted molar refractivity (Wildman–Crippen MR) is 106 cm³/mol. The fourth-order valence-corrected chi connectivity index (χ4v) is 3.20. The van der Waals surface area contributed by atoms with Gasteiger partial charge in [-0.3, -0.25) is 14.4 Å². The van der Waals surface area contributed by atoms with E-state index in [4.69, 9.17) is 4.74 Å². The molecule has 28 heavy (non-hydrogen) atoms. The molecule has 6 heteroatoms. The molecule has 2 aromatic rings. The number of rotatable bonds is 6. The van der Waals surface area contributed by atoms with Crippen LogP contribution in [0.25, 0.3) is 0 Å². The van der Waals surface area contributed by atoms with Crippen molar-refractivity contribution in [2.45, 2.75) is 26.3 Å². The molecule has 0 aromatic heterocycles. The minimum Gasteiger partial charge on any atom is -0.455 e. The Bertz CT molecular complexity index is 849. The maximum Gasteiger partial charge on any atom is 0.311 e. The smallest absolute Gasteiger partial charge is 0.311 e. The summed E-state index contributed by atoms with van der Waals surface area (Å²) in [4.78, 5) is 38.2. The average Bonchev–Trinajstić information content (AvgIpc) is 3.09. The molecular formula is C22H24N2O4. The van der Waals surface area contributed by atoms with Crippen LogP contribution < -0.4 is 10.2 Å². The SMILES string of the molecule is Cc1ccc(N2CC(C(=O)OCC(=O)NC(C)c3ccccc3)CC2=O)cc1. The van der Waals surface area contributed by atoms with Crippen molar-refractivity contribution in [3.63, 3.8) is 0 Å². The summed E-state index contributed by atoms with van der Waals surface area (Å²) in [5, 5.41) is 2.80. The molecule has 2 unspecified atom stereocenters. The van der Waals surface area contributed by atoms with Crippen LogP contribution in [0.1, 0.15) is 30.5 Å². The van der Waals surface area contributed by atoms with Gasteiger partial charge in [0, 0.05) is 18.7 Å². The van der Waals surface area contributed by atoms with Gasteiger partial charge in [0.2, 0.25) is 5.91 Å². The van der Waals surface area contributed by atoms with Crippen molar-refractivity contribution in [1.82, 2.24) is 5.32 Å². The van der Waals surface area contributed by atoms with Crippen molar-refractivity contribution in [3.8, 4) is 0 Å². The molecule has 1 aliphatic heterocycles. The molecule has 0 radical (unpaired) electrons. The molecule has 2 aromatic carbocycles. The van der Waals surface area contributed by atoms with E-state index in [0.717, 1.165) is 16.8 Å². The third-order valence-electron chi connectivity index (χ3n) is 4.83. The molecule has 1 N–H and O–H groups in total. The lowest BCUT2D eigenvalue weighted by molar-refractivity contribution is -0.152. The summed E-state index contributed by atoms with van der Waals surface area (Å²) in [6.07, 6.45) is 0.0920. The van der Waals surface area contributed by atoms with Gasteiger partial charge in [0.15, 0.2) is 6.61 Å². The second-order valence-corrected chi connectivity index (χ2v) is 7.05. The van der Waals surface area contributed by atoms with E-state index in [-0.39, 0.29) is 37.4 Å². The number of hydrogen-bond acceptors (Lipinski definition) is 4. The van der Waals surface area contributed by atoms with Crippen molar-refractivity contribution in [1.29, 1.82) is 0 Å². The zero-order valence-corrected chi connectivity index (χ0v) is 16.1. The van der Waals surface area contributed by atoms with Gasteiger partial charge in [-0.1, -0.05) is 48.0 Å². The van der Waals surface area contributed by atoms with Crippen LogP contribution in [0.4, 0.5) is 5.69 Å². The van der Waals surface area contributed by atoms with Crippen LogP contribution in [0.15, 0.2) is 54.6 Å². The Labute approximate surface area is 164 Å². The van der Waals surface area contributed by atoms with E-state index in [1.807, 2.05) is 68.4 Å². The number of nitrogens with zero attached hydrogens (tertiary/aromatic N) is 1. The van der Waals surface area contributed by atoms with E-state index in [2.05, 4.69) is 5.32 Å². The monoisotopic (exact) mass is 380 g/mol. The lowest BCUT2D eigenvalue weighted by atomic mass is 10.1. The fraction of sp³-hybridized carbons (Fsp3) is 0.318. The van der Waals surface area contributed by atoms with Gasteiger partial charge < -0.3 is 15.0 Å². The first kappa shape index (κ1) is 19.6. The second kappa shape index (κ2) is 8.69. The van der Waals surface area contributed by atoms with Gasteiger partial charge in [-0.2, -0.15) is 0 Å². The average molecular weight is 380 g/mol. The van der Waals surface area contributed by atoms with Gasteiger partial charge in [0.25, 0.3) is 5.91 Å². The summed E-state index contributed by atoms with van der Waals surface area (Å²) in [5.74, 6) is -1.57. The molecule has 0 spiro atoms. The number of nitrogens with one attached hydrogen (secondary N) is 1. The Morgan fingerprint density at radius 1 is 1.14 bits per heavy atom. The highest BCUT2D eigenvalue weighted by molar-refractivity contribution is 5.99. The van der Waals surface area contributed by atoms with Crippen molar-refractivity contribution < 1.29 is 19.1 Å². The number of amides is 2. The fourth-order valence-electron chi connectivity index (χ4n) is 3.20. The molecule has 0 aliphatic carbocycles. The molecule has 1 fully saturated rings. The Kier molecular flexibility index (Phi) is 6.09. The number of esters is 1. The first-order valence-corrected chi connectivity index (χ1v) is 9.32. The van der Waals surface area contributed by atoms with Gasteiger partial charge in [-0.05, 0) is 31.5 Å². The summed E-state index contributed by atoms with van der Waals surface area (Å²) < 4.78 is 5.15. The summed E-state index contributed by atoms with van der Waals surface area (Å²) in [5.41, 5.74) is 2.83. The molecule has 1 heterocycles. The molecule has 1 aliphatic rings. The number of benzene rings is 2. The van der Waals surface area contributed by atoms with Gasteiger partial charge >= 0.3 is 5.97 Å². The number of anilines is 1. The van der Waals surface area contributed by atoms with Gasteiger partial charge in [0.05, 0.1) is 12.0 Å². The third kappa shape index (κ3) is 4.76. The number of hydrogen-bond donors (Lipinski definition) is 1. The van der Waals surface area contributed by atoms with E-state index >= 15 is 0 Å². The molecule has 146 valence electrons. The van der Waals surface area contributed by atoms with E-state index in [1.54, 1.807) is 4.90 Å². The minimum atomic E-state index is -0.562. The van der Waals surface area contributed by atoms with Crippen molar-refractivity contribution in [2.75, 3.05) is 18.1 Å². The maximum atomic E-state index is 12.3. The lowest BCUT2D eigenvalue weighted by Gasteiger charge is -2.17. The molecule has 2 atom stereocenters. The van der Waals surface area contributed by atoms with Crippen molar-refractivity contribution in [3.05, 3.63) is 65.7 Å². The Hall–Kier alpha value is -3.15. The van der Waals surface area contributed by atoms with Crippen molar-refractivity contribution in [2.24, 2.45) is 5.92 Å². The zero-order valence-electron chi connectivity index (χ0n) is 16.1. The third-order valence-corrected chi connectivity index (χ3v) is 4.83. The minimum absolute atomic E-state index is 0.0920. The Balaban J connectivity index is 1.49. The highest BCUT2D eigenvalue weighted by Gasteiger charge is 2.36. The predicted octanol–water partition coefficient (Wildman–Crippen LogP) is 2.77. The van der Waals surface area contributed by atoms with Crippen LogP contribution in [0.3, 0.4) is 0 Å². The molecule has 2 amide bonds. The lowest BCUT2D eigenvalue weighted by Crippen LogP contribution is -2.32. The summed E-state index contributed by atoms with van der Waals surface area (Å²) >= 11 is 0. The van der Waals surface area contributed by atoms with E-state index < -0.39 is 11.9 Å². The van der Waals surface area contributed by atoms with Crippen LogP contribution in [0.2, 0.25) is 0 Å². The number of carbonyl (C=O) groups excluding carboxylic acids is 3. The van der Waals surface area contributed by atoms with Crippen LogP contribution >= 0.6 is 0 Å². The molecular weight excluding hydrogens is 356 g/mol. The van der Waals surface area contributed by atoms with Gasteiger partial charge in [0.1, 0.15) is 0 Å². The van der Waals surface area contributed by atoms with Crippen molar-refractivity contribution >= 4 is 23.5 Å². The number of carbonyl (C=O) groups is 3. The van der Waals surface area contributed by atoms with E-state index in [1.165, 1.54) is 0 Å². The van der Waals surface area contributed by atoms with Crippen LogP contribution in [-0.2, 0) is 19.1 Å². The largest absolute Gasteiger partial charge is 0.455 e. The second-order valence-electron chi connectivity index (χ2n) is 7.05. The van der Waals surface area contributed by atoms with Gasteiger partial charge in [-0.25, -0.2) is 0 Å².